The first-order valence-electron chi connectivity index (χ1n) is 10.8. The molecular formula is C26H20Cl3IN2O3S. The second-order valence-corrected chi connectivity index (χ2v) is 11.1. The van der Waals surface area contributed by atoms with Crippen LogP contribution in [-0.2, 0) is 11.4 Å². The zero-order chi connectivity index (χ0) is 25.8. The van der Waals surface area contributed by atoms with Crippen molar-refractivity contribution in [3.8, 4) is 11.5 Å². The van der Waals surface area contributed by atoms with Crippen molar-refractivity contribution in [2.24, 2.45) is 4.99 Å². The highest BCUT2D eigenvalue weighted by Crippen LogP contribution is 2.37. The van der Waals surface area contributed by atoms with Gasteiger partial charge in [-0.2, -0.15) is 0 Å². The predicted octanol–water partition coefficient (Wildman–Crippen LogP) is 8.43. The SMILES string of the molecule is CCOc1cc(/C=C2/SC(=Nc3cccc(Cl)c3C)NC2=O)cc(I)c1OCc1ccc(Cl)c(Cl)c1. The van der Waals surface area contributed by atoms with Crippen molar-refractivity contribution in [1.29, 1.82) is 0 Å². The molecule has 5 nitrogen and oxygen atoms in total. The number of hydrogen-bond acceptors (Lipinski definition) is 5. The van der Waals surface area contributed by atoms with Crippen LogP contribution < -0.4 is 14.8 Å². The monoisotopic (exact) mass is 672 g/mol. The zero-order valence-electron chi connectivity index (χ0n) is 19.2. The lowest BCUT2D eigenvalue weighted by atomic mass is 10.1. The summed E-state index contributed by atoms with van der Waals surface area (Å²) in [5.74, 6) is 0.988. The van der Waals surface area contributed by atoms with E-state index < -0.39 is 0 Å². The molecule has 186 valence electrons. The van der Waals surface area contributed by atoms with Gasteiger partial charge in [-0.3, -0.25) is 4.79 Å². The summed E-state index contributed by atoms with van der Waals surface area (Å²) in [6.45, 7) is 4.56. The van der Waals surface area contributed by atoms with Crippen molar-refractivity contribution >= 4 is 92.0 Å². The van der Waals surface area contributed by atoms with E-state index in [1.54, 1.807) is 18.2 Å². The number of nitrogens with one attached hydrogen (secondary N) is 1. The number of halogens is 4. The number of hydrogen-bond donors (Lipinski definition) is 1. The Bertz CT molecular complexity index is 1400. The van der Waals surface area contributed by atoms with E-state index in [0.29, 0.717) is 55.5 Å². The molecule has 0 aromatic heterocycles. The molecule has 1 saturated heterocycles. The van der Waals surface area contributed by atoms with Crippen LogP contribution in [0.25, 0.3) is 6.08 Å². The molecule has 0 spiro atoms. The van der Waals surface area contributed by atoms with E-state index in [-0.39, 0.29) is 5.91 Å². The molecular weight excluding hydrogens is 654 g/mol. The van der Waals surface area contributed by atoms with Gasteiger partial charge in [0.2, 0.25) is 0 Å². The third-order valence-electron chi connectivity index (χ3n) is 5.11. The summed E-state index contributed by atoms with van der Waals surface area (Å²) in [6, 6.07) is 14.7. The van der Waals surface area contributed by atoms with E-state index in [0.717, 1.165) is 20.3 Å². The maximum Gasteiger partial charge on any atom is 0.264 e. The van der Waals surface area contributed by atoms with Crippen LogP contribution in [0.2, 0.25) is 15.1 Å². The average molecular weight is 674 g/mol. The second-order valence-electron chi connectivity index (χ2n) is 7.67. The van der Waals surface area contributed by atoms with Gasteiger partial charge in [0.1, 0.15) is 6.61 Å². The minimum Gasteiger partial charge on any atom is -0.490 e. The molecule has 1 aliphatic heterocycles. The Morgan fingerprint density at radius 1 is 1.06 bits per heavy atom. The maximum atomic E-state index is 12.6. The topological polar surface area (TPSA) is 59.9 Å². The van der Waals surface area contributed by atoms with Crippen LogP contribution in [-0.4, -0.2) is 17.7 Å². The molecule has 3 aromatic carbocycles. The molecule has 1 N–H and O–H groups in total. The molecule has 1 fully saturated rings. The van der Waals surface area contributed by atoms with Crippen LogP contribution in [0.15, 0.2) is 58.4 Å². The van der Waals surface area contributed by atoms with Crippen molar-refractivity contribution in [2.45, 2.75) is 20.5 Å². The molecule has 1 heterocycles. The summed E-state index contributed by atoms with van der Waals surface area (Å²) < 4.78 is 12.8. The summed E-state index contributed by atoms with van der Waals surface area (Å²) in [5.41, 5.74) is 3.26. The van der Waals surface area contributed by atoms with Gasteiger partial charge in [-0.1, -0.05) is 46.9 Å². The van der Waals surface area contributed by atoms with Crippen LogP contribution in [0, 0.1) is 10.5 Å². The fraction of sp³-hybridized carbons (Fsp3) is 0.154. The Morgan fingerprint density at radius 2 is 1.86 bits per heavy atom. The molecule has 10 heteroatoms. The number of carbonyl (C=O) groups excluding carboxylic acids is 1. The minimum atomic E-state index is -0.216. The number of aliphatic imine (C=N–C) groups is 1. The van der Waals surface area contributed by atoms with Gasteiger partial charge in [-0.15, -0.1) is 0 Å². The number of amides is 1. The van der Waals surface area contributed by atoms with Gasteiger partial charge in [0.25, 0.3) is 5.91 Å². The summed E-state index contributed by atoms with van der Waals surface area (Å²) >= 11 is 21.8. The third kappa shape index (κ3) is 6.50. The van der Waals surface area contributed by atoms with Crippen molar-refractivity contribution in [1.82, 2.24) is 5.32 Å². The molecule has 0 unspecified atom stereocenters. The van der Waals surface area contributed by atoms with Crippen molar-refractivity contribution in [3.05, 3.63) is 88.8 Å². The number of benzene rings is 3. The van der Waals surface area contributed by atoms with Gasteiger partial charge in [0.15, 0.2) is 16.7 Å². The van der Waals surface area contributed by atoms with Gasteiger partial charge >= 0.3 is 0 Å². The Labute approximate surface area is 242 Å². The fourth-order valence-electron chi connectivity index (χ4n) is 3.32. The predicted molar refractivity (Wildman–Crippen MR) is 158 cm³/mol. The quantitative estimate of drug-likeness (QED) is 0.202. The Morgan fingerprint density at radius 3 is 2.61 bits per heavy atom. The molecule has 0 bridgehead atoms. The largest absolute Gasteiger partial charge is 0.490 e. The zero-order valence-corrected chi connectivity index (χ0v) is 24.4. The van der Waals surface area contributed by atoms with E-state index in [9.17, 15) is 4.79 Å². The normalized spacial score (nSPS) is 15.4. The number of nitrogens with zero attached hydrogens (tertiary/aromatic N) is 1. The van der Waals surface area contributed by atoms with Gasteiger partial charge in [0.05, 0.1) is 30.8 Å². The molecule has 1 amide bonds. The van der Waals surface area contributed by atoms with Crippen LogP contribution in [0.4, 0.5) is 5.69 Å². The van der Waals surface area contributed by atoms with Crippen LogP contribution in [0.5, 0.6) is 11.5 Å². The first-order chi connectivity index (χ1) is 17.2. The summed E-state index contributed by atoms with van der Waals surface area (Å²) in [6.07, 6.45) is 1.81. The standard InChI is InChI=1S/C26H20Cl3IN2O3S/c1-3-34-22-11-16(10-20(30)24(22)35-13-15-7-8-18(28)19(29)9-15)12-23-25(33)32-26(36-23)31-21-6-4-5-17(27)14(21)2/h4-12H,3,13H2,1-2H3,(H,31,32,33)/b23-12+. The molecule has 0 atom stereocenters. The van der Waals surface area contributed by atoms with Gasteiger partial charge < -0.3 is 14.8 Å². The minimum absolute atomic E-state index is 0.216. The van der Waals surface area contributed by atoms with Crippen LogP contribution in [0.1, 0.15) is 23.6 Å². The number of rotatable bonds is 7. The van der Waals surface area contributed by atoms with E-state index in [1.165, 1.54) is 11.8 Å². The first kappa shape index (κ1) is 27.1. The Kier molecular flexibility index (Phi) is 9.11. The molecule has 1 aliphatic rings. The second kappa shape index (κ2) is 12.1. The molecule has 0 aliphatic carbocycles. The molecule has 4 rings (SSSR count). The fourth-order valence-corrected chi connectivity index (χ4v) is 5.42. The molecule has 0 saturated carbocycles. The summed E-state index contributed by atoms with van der Waals surface area (Å²) in [5, 5.41) is 4.91. The molecule has 0 radical (unpaired) electrons. The Balaban J connectivity index is 1.57. The molecule has 3 aromatic rings. The van der Waals surface area contributed by atoms with Crippen LogP contribution >= 0.6 is 69.2 Å². The first-order valence-corrected chi connectivity index (χ1v) is 13.9. The summed E-state index contributed by atoms with van der Waals surface area (Å²) in [4.78, 5) is 17.7. The smallest absolute Gasteiger partial charge is 0.264 e. The Hall–Kier alpha value is -1.91. The highest BCUT2D eigenvalue weighted by atomic mass is 127. The summed E-state index contributed by atoms with van der Waals surface area (Å²) in [7, 11) is 0. The van der Waals surface area contributed by atoms with Crippen LogP contribution in [0.3, 0.4) is 0 Å². The van der Waals surface area contributed by atoms with E-state index in [2.05, 4.69) is 32.9 Å². The average Bonchev–Trinajstić information content (AvgIpc) is 3.17. The highest BCUT2D eigenvalue weighted by molar-refractivity contribution is 14.1. The number of amidine groups is 1. The van der Waals surface area contributed by atoms with Gasteiger partial charge in [0, 0.05) is 5.02 Å². The third-order valence-corrected chi connectivity index (χ3v) is 7.97. The maximum absolute atomic E-state index is 12.6. The van der Waals surface area contributed by atoms with E-state index >= 15 is 0 Å². The van der Waals surface area contributed by atoms with Crippen molar-refractivity contribution in [2.75, 3.05) is 6.61 Å². The number of thioether (sulfide) groups is 1. The van der Waals surface area contributed by atoms with Crippen molar-refractivity contribution in [3.63, 3.8) is 0 Å². The van der Waals surface area contributed by atoms with Gasteiger partial charge in [-0.05, 0) is 107 Å². The number of ether oxygens (including phenoxy) is 2. The van der Waals surface area contributed by atoms with E-state index in [1.807, 2.05) is 50.2 Å². The highest BCUT2D eigenvalue weighted by Gasteiger charge is 2.24. The van der Waals surface area contributed by atoms with Crippen molar-refractivity contribution < 1.29 is 14.3 Å². The van der Waals surface area contributed by atoms with E-state index in [4.69, 9.17) is 44.3 Å². The van der Waals surface area contributed by atoms with Gasteiger partial charge in [-0.25, -0.2) is 4.99 Å². The molecule has 36 heavy (non-hydrogen) atoms. The lowest BCUT2D eigenvalue weighted by Gasteiger charge is -2.15. The number of carbonyl (C=O) groups is 1. The lowest BCUT2D eigenvalue weighted by Crippen LogP contribution is -2.19. The lowest BCUT2D eigenvalue weighted by molar-refractivity contribution is -0.115.